The van der Waals surface area contributed by atoms with Crippen LogP contribution in [0, 0.1) is 16.7 Å². The molecule has 3 aliphatic heterocycles. The fourth-order valence-electron chi connectivity index (χ4n) is 4.25. The van der Waals surface area contributed by atoms with E-state index in [9.17, 15) is 4.79 Å². The summed E-state index contributed by atoms with van der Waals surface area (Å²) < 4.78 is 5.64. The fraction of sp³-hybridized carbons (Fsp3) is 0.350. The van der Waals surface area contributed by atoms with Gasteiger partial charge in [0.25, 0.3) is 0 Å². The summed E-state index contributed by atoms with van der Waals surface area (Å²) in [5.74, 6) is 1.48. The average Bonchev–Trinajstić information content (AvgIpc) is 2.65. The van der Waals surface area contributed by atoms with E-state index in [-0.39, 0.29) is 11.4 Å². The summed E-state index contributed by atoms with van der Waals surface area (Å²) in [6.07, 6.45) is 0. The van der Waals surface area contributed by atoms with Gasteiger partial charge in [-0.05, 0) is 24.3 Å². The summed E-state index contributed by atoms with van der Waals surface area (Å²) in [7, 11) is 0. The van der Waals surface area contributed by atoms with Gasteiger partial charge in [0, 0.05) is 42.7 Å². The molecule has 0 N–H and O–H groups in total. The van der Waals surface area contributed by atoms with E-state index in [1.54, 1.807) is 23.1 Å². The van der Waals surface area contributed by atoms with Gasteiger partial charge < -0.3 is 14.5 Å². The van der Waals surface area contributed by atoms with E-state index in [1.807, 2.05) is 23.1 Å². The number of pyridine rings is 1. The molecule has 4 heterocycles. The van der Waals surface area contributed by atoms with Gasteiger partial charge in [-0.25, -0.2) is 9.78 Å². The van der Waals surface area contributed by atoms with Crippen molar-refractivity contribution < 1.29 is 9.53 Å². The van der Waals surface area contributed by atoms with E-state index in [0.29, 0.717) is 29.6 Å². The molecule has 0 atom stereocenters. The highest BCUT2D eigenvalue weighted by Gasteiger charge is 2.54. The Balaban J connectivity index is 1.23. The Morgan fingerprint density at radius 1 is 1.21 bits per heavy atom. The van der Waals surface area contributed by atoms with Gasteiger partial charge in [-0.2, -0.15) is 5.26 Å². The molecular weight excluding hydrogens is 378 g/mol. The van der Waals surface area contributed by atoms with Crippen molar-refractivity contribution in [2.75, 3.05) is 49.1 Å². The third-order valence-corrected chi connectivity index (χ3v) is 5.80. The Hall–Kier alpha value is -2.98. The Kier molecular flexibility index (Phi) is 3.84. The van der Waals surface area contributed by atoms with Gasteiger partial charge in [-0.15, -0.1) is 0 Å². The molecule has 1 aromatic carbocycles. The normalized spacial score (nSPS) is 19.2. The molecule has 2 fully saturated rings. The Bertz CT molecular complexity index is 990. The van der Waals surface area contributed by atoms with Crippen molar-refractivity contribution in [1.29, 1.82) is 5.26 Å². The first kappa shape index (κ1) is 17.1. The van der Waals surface area contributed by atoms with Crippen molar-refractivity contribution in [3.8, 4) is 11.8 Å². The summed E-state index contributed by atoms with van der Waals surface area (Å²) in [6, 6.07) is 12.9. The number of rotatable bonds is 1. The number of benzene rings is 1. The van der Waals surface area contributed by atoms with Crippen LogP contribution in [0.2, 0.25) is 5.02 Å². The lowest BCUT2D eigenvalue weighted by Crippen LogP contribution is -2.74. The number of carbonyl (C=O) groups is 1. The van der Waals surface area contributed by atoms with Crippen LogP contribution in [-0.4, -0.2) is 55.2 Å². The monoisotopic (exact) mass is 395 g/mol. The summed E-state index contributed by atoms with van der Waals surface area (Å²) >= 11 is 6.03. The van der Waals surface area contributed by atoms with Crippen molar-refractivity contribution >= 4 is 29.1 Å². The highest BCUT2D eigenvalue weighted by molar-refractivity contribution is 6.30. The van der Waals surface area contributed by atoms with Crippen molar-refractivity contribution in [3.05, 3.63) is 47.1 Å². The molecule has 0 bridgehead atoms. The van der Waals surface area contributed by atoms with E-state index < -0.39 is 0 Å². The molecule has 142 valence electrons. The van der Waals surface area contributed by atoms with E-state index in [0.717, 1.165) is 37.7 Å². The molecule has 7 nitrogen and oxygen atoms in total. The van der Waals surface area contributed by atoms with Gasteiger partial charge >= 0.3 is 6.03 Å². The van der Waals surface area contributed by atoms with Crippen molar-refractivity contribution in [2.24, 2.45) is 5.41 Å². The second-order valence-corrected chi connectivity index (χ2v) is 8.04. The van der Waals surface area contributed by atoms with Crippen molar-refractivity contribution in [2.45, 2.75) is 0 Å². The van der Waals surface area contributed by atoms with Crippen LogP contribution < -0.4 is 14.5 Å². The lowest BCUT2D eigenvalue weighted by atomic mass is 9.73. The molecule has 2 amide bonds. The van der Waals surface area contributed by atoms with E-state index in [4.69, 9.17) is 21.6 Å². The zero-order valence-electron chi connectivity index (χ0n) is 15.1. The molecule has 0 saturated carbocycles. The largest absolute Gasteiger partial charge is 0.489 e. The summed E-state index contributed by atoms with van der Waals surface area (Å²) in [5.41, 5.74) is 1.33. The molecule has 0 aliphatic carbocycles. The second-order valence-electron chi connectivity index (χ2n) is 7.60. The maximum absolute atomic E-state index is 13.0. The fourth-order valence-corrected chi connectivity index (χ4v) is 4.41. The number of nitrogens with zero attached hydrogens (tertiary/aromatic N) is 5. The van der Waals surface area contributed by atoms with Crippen LogP contribution in [0.25, 0.3) is 0 Å². The second kappa shape index (κ2) is 6.28. The topological polar surface area (TPSA) is 72.7 Å². The number of nitriles is 1. The quantitative estimate of drug-likeness (QED) is 0.742. The van der Waals surface area contributed by atoms with Crippen LogP contribution >= 0.6 is 11.6 Å². The SMILES string of the molecule is N#Cc1cccc(N2CC3(CN(C(=O)N4CCOc5cc(Cl)ccc54)C3)C2)n1. The summed E-state index contributed by atoms with van der Waals surface area (Å²) in [4.78, 5) is 23.2. The van der Waals surface area contributed by atoms with Crippen LogP contribution in [0.4, 0.5) is 16.3 Å². The highest BCUT2D eigenvalue weighted by atomic mass is 35.5. The van der Waals surface area contributed by atoms with Gasteiger partial charge in [0.15, 0.2) is 0 Å². The van der Waals surface area contributed by atoms with Crippen LogP contribution in [0.15, 0.2) is 36.4 Å². The minimum Gasteiger partial charge on any atom is -0.489 e. The van der Waals surface area contributed by atoms with Gasteiger partial charge in [0.2, 0.25) is 0 Å². The van der Waals surface area contributed by atoms with E-state index in [1.165, 1.54) is 0 Å². The zero-order valence-corrected chi connectivity index (χ0v) is 15.9. The first-order valence-corrected chi connectivity index (χ1v) is 9.56. The zero-order chi connectivity index (χ0) is 19.3. The standard InChI is InChI=1S/C20H18ClN5O2/c21-14-4-5-16-17(8-14)28-7-6-26(16)19(27)25-12-20(13-25)10-24(11-20)18-3-1-2-15(9-22)23-18/h1-5,8H,6-7,10-13H2. The summed E-state index contributed by atoms with van der Waals surface area (Å²) in [5, 5.41) is 9.60. The number of fused-ring (bicyclic) bond motifs is 1. The molecular formula is C20H18ClN5O2. The number of likely N-dealkylation sites (tertiary alicyclic amines) is 1. The van der Waals surface area contributed by atoms with Gasteiger partial charge in [0.05, 0.1) is 12.2 Å². The number of halogens is 1. The van der Waals surface area contributed by atoms with E-state index in [2.05, 4.69) is 16.0 Å². The van der Waals surface area contributed by atoms with Crippen LogP contribution in [0.1, 0.15) is 5.69 Å². The third kappa shape index (κ3) is 2.72. The maximum atomic E-state index is 13.0. The molecule has 8 heteroatoms. The lowest BCUT2D eigenvalue weighted by molar-refractivity contribution is 0.00928. The van der Waals surface area contributed by atoms with Gasteiger partial charge in [-0.1, -0.05) is 17.7 Å². The molecule has 1 spiro atoms. The number of amides is 2. The minimum atomic E-state index is 0.0144. The number of aromatic nitrogens is 1. The molecule has 5 rings (SSSR count). The molecule has 0 radical (unpaired) electrons. The average molecular weight is 396 g/mol. The smallest absolute Gasteiger partial charge is 0.324 e. The highest BCUT2D eigenvalue weighted by Crippen LogP contribution is 2.43. The molecule has 2 saturated heterocycles. The van der Waals surface area contributed by atoms with Gasteiger partial charge in [-0.3, -0.25) is 4.90 Å². The molecule has 1 aromatic heterocycles. The first-order chi connectivity index (χ1) is 13.6. The first-order valence-electron chi connectivity index (χ1n) is 9.18. The Morgan fingerprint density at radius 2 is 2.04 bits per heavy atom. The predicted molar refractivity (Wildman–Crippen MR) is 105 cm³/mol. The van der Waals surface area contributed by atoms with E-state index >= 15 is 0 Å². The number of ether oxygens (including phenoxy) is 1. The lowest BCUT2D eigenvalue weighted by Gasteiger charge is -2.60. The number of carbonyl (C=O) groups excluding carboxylic acids is 1. The maximum Gasteiger partial charge on any atom is 0.324 e. The molecule has 0 unspecified atom stereocenters. The van der Waals surface area contributed by atoms with Crippen LogP contribution in [0.5, 0.6) is 5.75 Å². The Morgan fingerprint density at radius 3 is 2.82 bits per heavy atom. The number of hydrogen-bond acceptors (Lipinski definition) is 5. The number of hydrogen-bond donors (Lipinski definition) is 0. The van der Waals surface area contributed by atoms with Crippen LogP contribution in [-0.2, 0) is 0 Å². The van der Waals surface area contributed by atoms with Crippen LogP contribution in [0.3, 0.4) is 0 Å². The molecule has 3 aliphatic rings. The summed E-state index contributed by atoms with van der Waals surface area (Å²) in [6.45, 7) is 4.18. The predicted octanol–water partition coefficient (Wildman–Crippen LogP) is 2.75. The molecule has 2 aromatic rings. The molecule has 28 heavy (non-hydrogen) atoms. The Labute approximate surface area is 167 Å². The number of urea groups is 1. The minimum absolute atomic E-state index is 0.0144. The van der Waals surface area contributed by atoms with Crippen molar-refractivity contribution in [3.63, 3.8) is 0 Å². The third-order valence-electron chi connectivity index (χ3n) is 5.56. The van der Waals surface area contributed by atoms with Crippen molar-refractivity contribution in [1.82, 2.24) is 9.88 Å². The van der Waals surface area contributed by atoms with Gasteiger partial charge in [0.1, 0.15) is 29.9 Å². The number of anilines is 2.